The van der Waals surface area contributed by atoms with E-state index >= 15 is 0 Å². The second-order valence-electron chi connectivity index (χ2n) is 6.82. The summed E-state index contributed by atoms with van der Waals surface area (Å²) >= 11 is 0. The van der Waals surface area contributed by atoms with Gasteiger partial charge in [-0.2, -0.15) is 4.98 Å². The molecule has 2 atom stereocenters. The van der Waals surface area contributed by atoms with Crippen LogP contribution in [0.25, 0.3) is 22.3 Å². The smallest absolute Gasteiger partial charge is 0.244 e. The topological polar surface area (TPSA) is 55.1 Å². The number of benzene rings is 1. The van der Waals surface area contributed by atoms with Crippen LogP contribution >= 0.6 is 0 Å². The maximum Gasteiger partial charge on any atom is 0.244 e. The van der Waals surface area contributed by atoms with Gasteiger partial charge in [0.2, 0.25) is 11.7 Å². The molecule has 3 aromatic rings. The van der Waals surface area contributed by atoms with Crippen LogP contribution in [0.3, 0.4) is 0 Å². The largest absolute Gasteiger partial charge is 0.337 e. The molecule has 0 aliphatic carbocycles. The normalized spacial score (nSPS) is 24.3. The van der Waals surface area contributed by atoms with Crippen molar-refractivity contribution in [2.45, 2.75) is 44.2 Å². The number of hydrogen-bond donors (Lipinski definition) is 0. The van der Waals surface area contributed by atoms with Crippen molar-refractivity contribution in [2.24, 2.45) is 0 Å². The summed E-state index contributed by atoms with van der Waals surface area (Å²) in [4.78, 5) is 11.8. The predicted molar refractivity (Wildman–Crippen MR) is 91.4 cm³/mol. The lowest BCUT2D eigenvalue weighted by Crippen LogP contribution is -2.35. The van der Waals surface area contributed by atoms with Crippen molar-refractivity contribution >= 4 is 10.8 Å². The monoisotopic (exact) mass is 320 g/mol. The molecule has 122 valence electrons. The molecule has 0 bridgehead atoms. The van der Waals surface area contributed by atoms with Crippen molar-refractivity contribution in [1.29, 1.82) is 0 Å². The highest BCUT2D eigenvalue weighted by molar-refractivity contribution is 5.92. The summed E-state index contributed by atoms with van der Waals surface area (Å²) in [6, 6.07) is 11.2. The van der Waals surface area contributed by atoms with Crippen LogP contribution in [-0.4, -0.2) is 32.6 Å². The van der Waals surface area contributed by atoms with Crippen molar-refractivity contribution in [3.05, 3.63) is 42.4 Å². The van der Waals surface area contributed by atoms with Gasteiger partial charge in [0, 0.05) is 17.6 Å². The molecule has 0 N–H and O–H groups in total. The van der Waals surface area contributed by atoms with E-state index in [1.165, 1.54) is 25.7 Å². The molecule has 5 nitrogen and oxygen atoms in total. The molecule has 0 saturated carbocycles. The van der Waals surface area contributed by atoms with E-state index in [4.69, 9.17) is 9.51 Å². The minimum atomic E-state index is 0.284. The van der Waals surface area contributed by atoms with Crippen LogP contribution < -0.4 is 0 Å². The first-order valence-corrected chi connectivity index (χ1v) is 8.83. The van der Waals surface area contributed by atoms with Gasteiger partial charge >= 0.3 is 0 Å². The molecular formula is C19H20N4O. The molecule has 2 aliphatic rings. The highest BCUT2D eigenvalue weighted by Crippen LogP contribution is 2.40. The molecule has 2 saturated heterocycles. The molecule has 0 spiro atoms. The molecule has 2 unspecified atom stereocenters. The summed E-state index contributed by atoms with van der Waals surface area (Å²) in [6.07, 6.45) is 8.11. The Bertz CT molecular complexity index is 869. The number of fused-ring (bicyclic) bond motifs is 2. The SMILES string of the molecule is c1ccc2c(-c3noc(C4CCC5CCCCN54)n3)nccc2c1. The van der Waals surface area contributed by atoms with E-state index in [1.54, 1.807) is 0 Å². The lowest BCUT2D eigenvalue weighted by molar-refractivity contribution is 0.128. The lowest BCUT2D eigenvalue weighted by Gasteiger charge is -2.32. The maximum absolute atomic E-state index is 5.66. The average Bonchev–Trinajstić information content (AvgIpc) is 3.28. The third kappa shape index (κ3) is 2.23. The third-order valence-corrected chi connectivity index (χ3v) is 5.46. The second-order valence-corrected chi connectivity index (χ2v) is 6.82. The first kappa shape index (κ1) is 14.1. The van der Waals surface area contributed by atoms with Crippen molar-refractivity contribution < 1.29 is 4.52 Å². The zero-order chi connectivity index (χ0) is 15.9. The number of hydrogen-bond acceptors (Lipinski definition) is 5. The van der Waals surface area contributed by atoms with Crippen LogP contribution in [0.15, 0.2) is 41.1 Å². The summed E-state index contributed by atoms with van der Waals surface area (Å²) < 4.78 is 5.66. The summed E-state index contributed by atoms with van der Waals surface area (Å²) in [5, 5.41) is 6.45. The first-order valence-electron chi connectivity index (χ1n) is 8.83. The number of pyridine rings is 1. The number of piperidine rings is 1. The van der Waals surface area contributed by atoms with Gasteiger partial charge in [0.15, 0.2) is 0 Å². The van der Waals surface area contributed by atoms with E-state index in [-0.39, 0.29) is 6.04 Å². The number of nitrogens with zero attached hydrogens (tertiary/aromatic N) is 4. The Hall–Kier alpha value is -2.27. The lowest BCUT2D eigenvalue weighted by atomic mass is 10.0. The van der Waals surface area contributed by atoms with E-state index in [2.05, 4.69) is 27.2 Å². The molecule has 24 heavy (non-hydrogen) atoms. The molecule has 5 rings (SSSR count). The molecule has 4 heterocycles. The van der Waals surface area contributed by atoms with Gasteiger partial charge in [0.05, 0.1) is 6.04 Å². The minimum absolute atomic E-state index is 0.284. The Morgan fingerprint density at radius 3 is 3.00 bits per heavy atom. The van der Waals surface area contributed by atoms with E-state index in [0.717, 1.165) is 35.3 Å². The predicted octanol–water partition coefficient (Wildman–Crippen LogP) is 3.97. The molecule has 0 radical (unpaired) electrons. The highest BCUT2D eigenvalue weighted by Gasteiger charge is 2.38. The Morgan fingerprint density at radius 2 is 2.00 bits per heavy atom. The van der Waals surface area contributed by atoms with Crippen LogP contribution in [0, 0.1) is 0 Å². The first-order chi connectivity index (χ1) is 11.9. The van der Waals surface area contributed by atoms with Gasteiger partial charge < -0.3 is 4.52 Å². The van der Waals surface area contributed by atoms with Gasteiger partial charge in [-0.1, -0.05) is 35.8 Å². The highest BCUT2D eigenvalue weighted by atomic mass is 16.5. The number of aromatic nitrogens is 3. The summed E-state index contributed by atoms with van der Waals surface area (Å²) in [7, 11) is 0. The second kappa shape index (κ2) is 5.67. The molecule has 0 amide bonds. The van der Waals surface area contributed by atoms with Crippen LogP contribution in [0.2, 0.25) is 0 Å². The van der Waals surface area contributed by atoms with Crippen LogP contribution in [0.5, 0.6) is 0 Å². The van der Waals surface area contributed by atoms with Gasteiger partial charge in [-0.05, 0) is 43.7 Å². The fourth-order valence-electron chi connectivity index (χ4n) is 4.29. The molecule has 2 aliphatic heterocycles. The quantitative estimate of drug-likeness (QED) is 0.715. The zero-order valence-electron chi connectivity index (χ0n) is 13.6. The van der Waals surface area contributed by atoms with Gasteiger partial charge in [-0.3, -0.25) is 9.88 Å². The van der Waals surface area contributed by atoms with Crippen molar-refractivity contribution in [2.75, 3.05) is 6.54 Å². The van der Waals surface area contributed by atoms with E-state index in [0.29, 0.717) is 11.9 Å². The third-order valence-electron chi connectivity index (χ3n) is 5.46. The zero-order valence-corrected chi connectivity index (χ0v) is 13.6. The Labute approximate surface area is 140 Å². The van der Waals surface area contributed by atoms with Crippen molar-refractivity contribution in [3.63, 3.8) is 0 Å². The van der Waals surface area contributed by atoms with E-state index in [1.807, 2.05) is 24.4 Å². The van der Waals surface area contributed by atoms with Gasteiger partial charge in [0.25, 0.3) is 0 Å². The summed E-state index contributed by atoms with van der Waals surface area (Å²) in [5.74, 6) is 1.35. The Kier molecular flexibility index (Phi) is 3.33. The fraction of sp³-hybridized carbons (Fsp3) is 0.421. The van der Waals surface area contributed by atoms with Crippen LogP contribution in [-0.2, 0) is 0 Å². The van der Waals surface area contributed by atoms with Gasteiger partial charge in [-0.15, -0.1) is 0 Å². The van der Waals surface area contributed by atoms with E-state index < -0.39 is 0 Å². The summed E-state index contributed by atoms with van der Waals surface area (Å²) in [6.45, 7) is 1.15. The molecule has 1 aromatic carbocycles. The van der Waals surface area contributed by atoms with E-state index in [9.17, 15) is 0 Å². The van der Waals surface area contributed by atoms with Crippen molar-refractivity contribution in [1.82, 2.24) is 20.0 Å². The fourth-order valence-corrected chi connectivity index (χ4v) is 4.29. The minimum Gasteiger partial charge on any atom is -0.337 e. The number of rotatable bonds is 2. The molecule has 2 aromatic heterocycles. The molecule has 5 heteroatoms. The Morgan fingerprint density at radius 1 is 1.04 bits per heavy atom. The van der Waals surface area contributed by atoms with Gasteiger partial charge in [-0.25, -0.2) is 0 Å². The van der Waals surface area contributed by atoms with Crippen LogP contribution in [0.4, 0.5) is 0 Å². The average molecular weight is 320 g/mol. The van der Waals surface area contributed by atoms with Gasteiger partial charge in [0.1, 0.15) is 5.69 Å². The maximum atomic E-state index is 5.66. The molecule has 2 fully saturated rings. The standard InChI is InChI=1S/C19H20N4O/c1-2-7-15-13(5-1)10-11-20-17(15)18-21-19(24-22-18)16-9-8-14-6-3-4-12-23(14)16/h1-2,5,7,10-11,14,16H,3-4,6,8-9,12H2. The van der Waals surface area contributed by atoms with Crippen LogP contribution in [0.1, 0.15) is 44.0 Å². The van der Waals surface area contributed by atoms with Crippen molar-refractivity contribution in [3.8, 4) is 11.5 Å². The summed E-state index contributed by atoms with van der Waals surface area (Å²) in [5.41, 5.74) is 0.802. The molecular weight excluding hydrogens is 300 g/mol. The Balaban J connectivity index is 1.51.